The lowest BCUT2D eigenvalue weighted by molar-refractivity contribution is -0.126. The van der Waals surface area contributed by atoms with Gasteiger partial charge < -0.3 is 15.1 Å². The zero-order chi connectivity index (χ0) is 18.1. The van der Waals surface area contributed by atoms with Gasteiger partial charge in [0, 0.05) is 19.0 Å². The maximum Gasteiger partial charge on any atom is 0.286 e. The van der Waals surface area contributed by atoms with Gasteiger partial charge in [-0.05, 0) is 80.2 Å². The fourth-order valence-corrected chi connectivity index (χ4v) is 6.34. The third kappa shape index (κ3) is 3.40. The molecule has 26 heavy (non-hydrogen) atoms. The molecule has 4 aliphatic carbocycles. The molecular formula is C21H30N2O3. The molecule has 1 heterocycles. The van der Waals surface area contributed by atoms with Crippen molar-refractivity contribution in [2.24, 2.45) is 23.2 Å². The van der Waals surface area contributed by atoms with E-state index in [4.69, 9.17) is 4.42 Å². The van der Waals surface area contributed by atoms with Gasteiger partial charge in [-0.25, -0.2) is 0 Å². The molecule has 4 aliphatic rings. The summed E-state index contributed by atoms with van der Waals surface area (Å²) >= 11 is 0. The SMILES string of the molecule is CC[C@@H](NC(=O)CCNC(=O)c1ccco1)C12CC3CC(CC(C3)C1)C2. The second kappa shape index (κ2) is 7.09. The van der Waals surface area contributed by atoms with Crippen molar-refractivity contribution in [2.45, 2.75) is 64.3 Å². The van der Waals surface area contributed by atoms with E-state index in [9.17, 15) is 9.59 Å². The average Bonchev–Trinajstić information content (AvgIpc) is 3.13. The molecule has 2 amide bonds. The molecule has 0 aromatic carbocycles. The lowest BCUT2D eigenvalue weighted by Gasteiger charge is -2.59. The first-order chi connectivity index (χ1) is 12.6. The number of furan rings is 1. The van der Waals surface area contributed by atoms with E-state index < -0.39 is 0 Å². The molecule has 2 N–H and O–H groups in total. The number of hydrogen-bond donors (Lipinski definition) is 2. The number of carbonyl (C=O) groups excluding carboxylic acids is 2. The Morgan fingerprint density at radius 3 is 2.38 bits per heavy atom. The van der Waals surface area contributed by atoms with Crippen molar-refractivity contribution in [2.75, 3.05) is 6.54 Å². The van der Waals surface area contributed by atoms with Crippen molar-refractivity contribution in [1.82, 2.24) is 10.6 Å². The zero-order valence-corrected chi connectivity index (χ0v) is 15.6. The molecule has 5 nitrogen and oxygen atoms in total. The van der Waals surface area contributed by atoms with Crippen LogP contribution in [0.4, 0.5) is 0 Å². The summed E-state index contributed by atoms with van der Waals surface area (Å²) in [6, 6.07) is 3.58. The molecule has 0 spiro atoms. The van der Waals surface area contributed by atoms with Crippen LogP contribution in [0.2, 0.25) is 0 Å². The Morgan fingerprint density at radius 2 is 1.85 bits per heavy atom. The first-order valence-corrected chi connectivity index (χ1v) is 10.2. The molecule has 0 aliphatic heterocycles. The Kier molecular flexibility index (Phi) is 4.80. The second-order valence-corrected chi connectivity index (χ2v) is 8.79. The summed E-state index contributed by atoms with van der Waals surface area (Å²) in [4.78, 5) is 24.3. The van der Waals surface area contributed by atoms with Crippen LogP contribution in [0.5, 0.6) is 0 Å². The number of hydrogen-bond acceptors (Lipinski definition) is 3. The van der Waals surface area contributed by atoms with Crippen LogP contribution in [0.25, 0.3) is 0 Å². The summed E-state index contributed by atoms with van der Waals surface area (Å²) in [7, 11) is 0. The summed E-state index contributed by atoms with van der Waals surface area (Å²) in [5.41, 5.74) is 0.330. The van der Waals surface area contributed by atoms with Crippen LogP contribution < -0.4 is 10.6 Å². The average molecular weight is 358 g/mol. The van der Waals surface area contributed by atoms with Crippen molar-refractivity contribution in [3.05, 3.63) is 24.2 Å². The van der Waals surface area contributed by atoms with E-state index >= 15 is 0 Å². The van der Waals surface area contributed by atoms with Crippen molar-refractivity contribution < 1.29 is 14.0 Å². The van der Waals surface area contributed by atoms with Crippen molar-refractivity contribution in [1.29, 1.82) is 0 Å². The number of amides is 2. The van der Waals surface area contributed by atoms with Crippen LogP contribution in [0.1, 0.15) is 68.8 Å². The summed E-state index contributed by atoms with van der Waals surface area (Å²) in [5.74, 6) is 2.73. The third-order valence-corrected chi connectivity index (χ3v) is 6.95. The Hall–Kier alpha value is -1.78. The topological polar surface area (TPSA) is 71.3 Å². The molecule has 1 aromatic heterocycles. The Morgan fingerprint density at radius 1 is 1.19 bits per heavy atom. The van der Waals surface area contributed by atoms with E-state index in [1.54, 1.807) is 12.1 Å². The minimum Gasteiger partial charge on any atom is -0.459 e. The van der Waals surface area contributed by atoms with Gasteiger partial charge in [-0.15, -0.1) is 0 Å². The van der Waals surface area contributed by atoms with Gasteiger partial charge in [0.1, 0.15) is 0 Å². The summed E-state index contributed by atoms with van der Waals surface area (Å²) in [6.07, 6.45) is 10.9. The van der Waals surface area contributed by atoms with Crippen LogP contribution in [-0.2, 0) is 4.79 Å². The van der Waals surface area contributed by atoms with Gasteiger partial charge in [-0.3, -0.25) is 9.59 Å². The predicted molar refractivity (Wildman–Crippen MR) is 98.5 cm³/mol. The molecule has 5 heteroatoms. The van der Waals surface area contributed by atoms with Crippen LogP contribution in [0, 0.1) is 23.2 Å². The van der Waals surface area contributed by atoms with Gasteiger partial charge >= 0.3 is 0 Å². The lowest BCUT2D eigenvalue weighted by Crippen LogP contribution is -2.56. The molecule has 0 unspecified atom stereocenters. The predicted octanol–water partition coefficient (Wildman–Crippen LogP) is 3.51. The molecule has 142 valence electrons. The molecule has 0 radical (unpaired) electrons. The van der Waals surface area contributed by atoms with Crippen LogP contribution in [0.15, 0.2) is 22.8 Å². The lowest BCUT2D eigenvalue weighted by atomic mass is 9.47. The van der Waals surface area contributed by atoms with Gasteiger partial charge in [0.2, 0.25) is 5.91 Å². The van der Waals surface area contributed by atoms with E-state index in [0.717, 1.165) is 24.2 Å². The summed E-state index contributed by atoms with van der Waals surface area (Å²) < 4.78 is 5.06. The van der Waals surface area contributed by atoms with Crippen LogP contribution in [-0.4, -0.2) is 24.4 Å². The van der Waals surface area contributed by atoms with Gasteiger partial charge in [-0.1, -0.05) is 6.92 Å². The van der Waals surface area contributed by atoms with Gasteiger partial charge in [0.05, 0.1) is 6.26 Å². The van der Waals surface area contributed by atoms with E-state index in [-0.39, 0.29) is 23.6 Å². The number of rotatable bonds is 7. The standard InChI is InChI=1S/C21H30N2O3/c1-2-18(21-11-14-8-15(12-21)10-16(9-14)13-21)23-19(24)5-6-22-20(25)17-4-3-7-26-17/h3-4,7,14-16,18H,2,5-6,8-13H2,1H3,(H,22,25)(H,23,24)/t14?,15?,16?,18-,21?/m1/s1. The first-order valence-electron chi connectivity index (χ1n) is 10.2. The van der Waals surface area contributed by atoms with Gasteiger partial charge in [0.25, 0.3) is 5.91 Å². The largest absolute Gasteiger partial charge is 0.459 e. The molecular weight excluding hydrogens is 328 g/mol. The number of nitrogens with one attached hydrogen (secondary N) is 2. The highest BCUT2D eigenvalue weighted by Gasteiger charge is 2.53. The highest BCUT2D eigenvalue weighted by atomic mass is 16.3. The van der Waals surface area contributed by atoms with Crippen molar-refractivity contribution in [3.63, 3.8) is 0 Å². The normalized spacial score (nSPS) is 33.0. The Labute approximate surface area is 155 Å². The second-order valence-electron chi connectivity index (χ2n) is 8.79. The van der Waals surface area contributed by atoms with E-state index in [1.165, 1.54) is 44.8 Å². The maximum atomic E-state index is 12.5. The molecule has 4 saturated carbocycles. The van der Waals surface area contributed by atoms with Crippen LogP contribution >= 0.6 is 0 Å². The fraction of sp³-hybridized carbons (Fsp3) is 0.714. The van der Waals surface area contributed by atoms with Crippen molar-refractivity contribution >= 4 is 11.8 Å². The molecule has 1 aromatic rings. The maximum absolute atomic E-state index is 12.5. The molecule has 4 bridgehead atoms. The smallest absolute Gasteiger partial charge is 0.286 e. The molecule has 5 rings (SSSR count). The van der Waals surface area contributed by atoms with Crippen molar-refractivity contribution in [3.8, 4) is 0 Å². The summed E-state index contributed by atoms with van der Waals surface area (Å²) in [5, 5.41) is 6.07. The van der Waals surface area contributed by atoms with Gasteiger partial charge in [0.15, 0.2) is 5.76 Å². The summed E-state index contributed by atoms with van der Waals surface area (Å²) in [6.45, 7) is 2.53. The van der Waals surface area contributed by atoms with E-state index in [0.29, 0.717) is 18.4 Å². The van der Waals surface area contributed by atoms with Gasteiger partial charge in [-0.2, -0.15) is 0 Å². The molecule has 4 fully saturated rings. The Balaban J connectivity index is 1.29. The highest BCUT2D eigenvalue weighted by molar-refractivity contribution is 5.91. The zero-order valence-electron chi connectivity index (χ0n) is 15.6. The van der Waals surface area contributed by atoms with Crippen LogP contribution in [0.3, 0.4) is 0 Å². The van der Waals surface area contributed by atoms with E-state index in [2.05, 4.69) is 17.6 Å². The number of carbonyl (C=O) groups is 2. The fourth-order valence-electron chi connectivity index (χ4n) is 6.34. The molecule has 1 atom stereocenters. The first kappa shape index (κ1) is 17.6. The molecule has 0 saturated heterocycles. The monoisotopic (exact) mass is 358 g/mol. The third-order valence-electron chi connectivity index (χ3n) is 6.95. The van der Waals surface area contributed by atoms with E-state index in [1.807, 2.05) is 0 Å². The minimum atomic E-state index is -0.268. The Bertz CT molecular complexity index is 617. The quantitative estimate of drug-likeness (QED) is 0.783. The minimum absolute atomic E-state index is 0.0485. The highest BCUT2D eigenvalue weighted by Crippen LogP contribution is 2.61.